The molecule has 17 heavy (non-hydrogen) atoms. The molecule has 1 saturated heterocycles. The maximum Gasteiger partial charge on any atom is 0.123 e. The van der Waals surface area contributed by atoms with Gasteiger partial charge in [0.2, 0.25) is 0 Å². The number of aryl methyl sites for hydroxylation is 1. The van der Waals surface area contributed by atoms with E-state index in [4.69, 9.17) is 0 Å². The van der Waals surface area contributed by atoms with Crippen LogP contribution >= 0.6 is 0 Å². The topological polar surface area (TPSA) is 15.3 Å². The fraction of sp³-hybridized carbons (Fsp3) is 0.571. The Hall–Kier alpha value is -1.09. The quantitative estimate of drug-likeness (QED) is 0.867. The molecule has 0 aromatic heterocycles. The summed E-state index contributed by atoms with van der Waals surface area (Å²) in [5.74, 6) is -0.158. The lowest BCUT2D eigenvalue weighted by atomic mass is 10.0. The van der Waals surface area contributed by atoms with E-state index in [1.807, 2.05) is 13.0 Å². The van der Waals surface area contributed by atoms with Gasteiger partial charge >= 0.3 is 0 Å². The first-order valence-corrected chi connectivity index (χ1v) is 6.44. The normalized spacial score (nSPS) is 18.3. The van der Waals surface area contributed by atoms with Crippen LogP contribution in [0.4, 0.5) is 10.1 Å². The molecule has 0 aliphatic carbocycles. The minimum atomic E-state index is -0.158. The monoisotopic (exact) mass is 236 g/mol. The number of halogens is 1. The Balaban J connectivity index is 1.93. The zero-order chi connectivity index (χ0) is 12.3. The van der Waals surface area contributed by atoms with Gasteiger partial charge in [-0.05, 0) is 50.1 Å². The Kier molecular flexibility index (Phi) is 4.00. The summed E-state index contributed by atoms with van der Waals surface area (Å²) in [5, 5.41) is 3.53. The second-order valence-corrected chi connectivity index (χ2v) is 4.81. The van der Waals surface area contributed by atoms with E-state index in [9.17, 15) is 4.39 Å². The van der Waals surface area contributed by atoms with E-state index < -0.39 is 0 Å². The smallest absolute Gasteiger partial charge is 0.123 e. The maximum absolute atomic E-state index is 13.0. The van der Waals surface area contributed by atoms with Gasteiger partial charge in [-0.1, -0.05) is 6.92 Å². The molecule has 1 aliphatic heterocycles. The van der Waals surface area contributed by atoms with Crippen LogP contribution in [0.2, 0.25) is 0 Å². The number of hydrogen-bond acceptors (Lipinski definition) is 2. The van der Waals surface area contributed by atoms with E-state index in [0.29, 0.717) is 6.04 Å². The highest BCUT2D eigenvalue weighted by atomic mass is 19.1. The zero-order valence-electron chi connectivity index (χ0n) is 10.7. The highest BCUT2D eigenvalue weighted by Crippen LogP contribution is 2.20. The van der Waals surface area contributed by atoms with Crippen LogP contribution in [0.3, 0.4) is 0 Å². The van der Waals surface area contributed by atoms with E-state index in [2.05, 4.69) is 17.1 Å². The van der Waals surface area contributed by atoms with Crippen molar-refractivity contribution < 1.29 is 4.39 Å². The molecule has 0 spiro atoms. The van der Waals surface area contributed by atoms with Crippen molar-refractivity contribution in [2.24, 2.45) is 0 Å². The summed E-state index contributed by atoms with van der Waals surface area (Å²) in [4.78, 5) is 2.47. The van der Waals surface area contributed by atoms with Crippen molar-refractivity contribution in [2.75, 3.05) is 25.0 Å². The largest absolute Gasteiger partial charge is 0.382 e. The van der Waals surface area contributed by atoms with Gasteiger partial charge in [0.05, 0.1) is 0 Å². The zero-order valence-corrected chi connectivity index (χ0v) is 10.7. The average molecular weight is 236 g/mol. The van der Waals surface area contributed by atoms with Crippen molar-refractivity contribution in [3.05, 3.63) is 29.6 Å². The molecular formula is C14H21FN2. The average Bonchev–Trinajstić information content (AvgIpc) is 2.34. The number of hydrogen-bond donors (Lipinski definition) is 1. The van der Waals surface area contributed by atoms with Crippen LogP contribution in [-0.2, 0) is 0 Å². The number of rotatable bonds is 3. The Morgan fingerprint density at radius 1 is 1.35 bits per heavy atom. The Morgan fingerprint density at radius 3 is 2.65 bits per heavy atom. The third-order valence-electron chi connectivity index (χ3n) is 3.58. The SMILES string of the molecule is CCN1CCC(Nc2ccc(F)cc2C)CC1. The van der Waals surface area contributed by atoms with E-state index in [-0.39, 0.29) is 5.82 Å². The van der Waals surface area contributed by atoms with Gasteiger partial charge in [-0.25, -0.2) is 4.39 Å². The molecule has 0 radical (unpaired) electrons. The van der Waals surface area contributed by atoms with Gasteiger partial charge in [0.25, 0.3) is 0 Å². The standard InChI is InChI=1S/C14H21FN2/c1-3-17-8-6-13(7-9-17)16-14-5-4-12(15)10-11(14)2/h4-5,10,13,16H,3,6-9H2,1-2H3. The lowest BCUT2D eigenvalue weighted by Gasteiger charge is -2.32. The first-order chi connectivity index (χ1) is 8.19. The summed E-state index contributed by atoms with van der Waals surface area (Å²) in [7, 11) is 0. The first kappa shape index (κ1) is 12.4. The van der Waals surface area contributed by atoms with Crippen molar-refractivity contribution in [3.8, 4) is 0 Å². The number of piperidine rings is 1. The molecule has 1 N–H and O–H groups in total. The van der Waals surface area contributed by atoms with Crippen LogP contribution in [0, 0.1) is 12.7 Å². The van der Waals surface area contributed by atoms with Crippen molar-refractivity contribution in [1.82, 2.24) is 4.90 Å². The Morgan fingerprint density at radius 2 is 2.06 bits per heavy atom. The summed E-state index contributed by atoms with van der Waals surface area (Å²) in [6.45, 7) is 7.62. The predicted octanol–water partition coefficient (Wildman–Crippen LogP) is 3.03. The molecule has 1 aromatic carbocycles. The summed E-state index contributed by atoms with van der Waals surface area (Å²) in [6.07, 6.45) is 2.34. The van der Waals surface area contributed by atoms with Crippen LogP contribution < -0.4 is 5.32 Å². The summed E-state index contributed by atoms with van der Waals surface area (Å²) >= 11 is 0. The van der Waals surface area contributed by atoms with Crippen molar-refractivity contribution in [1.29, 1.82) is 0 Å². The molecule has 2 nitrogen and oxygen atoms in total. The van der Waals surface area contributed by atoms with E-state index in [1.165, 1.54) is 18.9 Å². The highest BCUT2D eigenvalue weighted by Gasteiger charge is 2.18. The summed E-state index contributed by atoms with van der Waals surface area (Å²) in [5.41, 5.74) is 2.06. The number of nitrogens with zero attached hydrogens (tertiary/aromatic N) is 1. The molecule has 94 valence electrons. The molecule has 0 amide bonds. The summed E-state index contributed by atoms with van der Waals surface area (Å²) < 4.78 is 13.0. The number of benzene rings is 1. The molecule has 1 aliphatic rings. The van der Waals surface area contributed by atoms with Crippen LogP contribution in [0.25, 0.3) is 0 Å². The van der Waals surface area contributed by atoms with Gasteiger partial charge in [-0.15, -0.1) is 0 Å². The molecule has 1 aromatic rings. The van der Waals surface area contributed by atoms with Crippen molar-refractivity contribution in [2.45, 2.75) is 32.7 Å². The van der Waals surface area contributed by atoms with E-state index in [0.717, 1.165) is 30.9 Å². The molecule has 3 heteroatoms. The minimum absolute atomic E-state index is 0.158. The Labute approximate surface area is 103 Å². The van der Waals surface area contributed by atoms with Crippen LogP contribution in [-0.4, -0.2) is 30.6 Å². The first-order valence-electron chi connectivity index (χ1n) is 6.44. The molecule has 0 saturated carbocycles. The van der Waals surface area contributed by atoms with Gasteiger partial charge in [-0.2, -0.15) is 0 Å². The lowest BCUT2D eigenvalue weighted by Crippen LogP contribution is -2.38. The van der Waals surface area contributed by atoms with E-state index in [1.54, 1.807) is 6.07 Å². The number of likely N-dealkylation sites (tertiary alicyclic amines) is 1. The second-order valence-electron chi connectivity index (χ2n) is 4.81. The number of anilines is 1. The third kappa shape index (κ3) is 3.19. The van der Waals surface area contributed by atoms with E-state index >= 15 is 0 Å². The lowest BCUT2D eigenvalue weighted by molar-refractivity contribution is 0.229. The Bertz CT molecular complexity index is 370. The van der Waals surface area contributed by atoms with Crippen molar-refractivity contribution in [3.63, 3.8) is 0 Å². The molecular weight excluding hydrogens is 215 g/mol. The predicted molar refractivity (Wildman–Crippen MR) is 69.9 cm³/mol. The molecule has 0 atom stereocenters. The fourth-order valence-corrected chi connectivity index (χ4v) is 2.40. The highest BCUT2D eigenvalue weighted by molar-refractivity contribution is 5.51. The molecule has 2 rings (SSSR count). The molecule has 1 heterocycles. The molecule has 1 fully saturated rings. The van der Waals surface area contributed by atoms with Gasteiger partial charge in [0, 0.05) is 24.8 Å². The fourth-order valence-electron chi connectivity index (χ4n) is 2.40. The summed E-state index contributed by atoms with van der Waals surface area (Å²) in [6, 6.07) is 5.48. The van der Waals surface area contributed by atoms with Crippen LogP contribution in [0.15, 0.2) is 18.2 Å². The molecule has 0 unspecified atom stereocenters. The molecule has 0 bridgehead atoms. The number of nitrogens with one attached hydrogen (secondary N) is 1. The minimum Gasteiger partial charge on any atom is -0.382 e. The second kappa shape index (κ2) is 5.50. The van der Waals surface area contributed by atoms with Gasteiger partial charge in [0.15, 0.2) is 0 Å². The van der Waals surface area contributed by atoms with Gasteiger partial charge in [-0.3, -0.25) is 0 Å². The van der Waals surface area contributed by atoms with Gasteiger partial charge in [0.1, 0.15) is 5.82 Å². The third-order valence-corrected chi connectivity index (χ3v) is 3.58. The van der Waals surface area contributed by atoms with Crippen molar-refractivity contribution >= 4 is 5.69 Å². The van der Waals surface area contributed by atoms with Crippen LogP contribution in [0.1, 0.15) is 25.3 Å². The maximum atomic E-state index is 13.0. The van der Waals surface area contributed by atoms with Gasteiger partial charge < -0.3 is 10.2 Å². The van der Waals surface area contributed by atoms with Crippen LogP contribution in [0.5, 0.6) is 0 Å².